The van der Waals surface area contributed by atoms with Gasteiger partial charge in [-0.3, -0.25) is 9.59 Å². The highest BCUT2D eigenvalue weighted by atomic mass is 16.5. The van der Waals surface area contributed by atoms with Gasteiger partial charge < -0.3 is 13.9 Å². The summed E-state index contributed by atoms with van der Waals surface area (Å²) in [4.78, 5) is 24.0. The van der Waals surface area contributed by atoms with Crippen LogP contribution in [0, 0.1) is 6.92 Å². The van der Waals surface area contributed by atoms with Crippen LogP contribution in [0.4, 0.5) is 0 Å². The Labute approximate surface area is 163 Å². The van der Waals surface area contributed by atoms with Gasteiger partial charge in [-0.15, -0.1) is 0 Å². The molecule has 0 radical (unpaired) electrons. The number of rotatable bonds is 8. The van der Waals surface area contributed by atoms with E-state index in [1.54, 1.807) is 0 Å². The SMILES string of the molecule is Cc1ccc(CCC(=O)OCc2cc(=O)c(OCc3ccccc3)co2)cc1. The third-order valence-corrected chi connectivity index (χ3v) is 4.20. The number of benzene rings is 2. The van der Waals surface area contributed by atoms with Crippen molar-refractivity contribution in [2.45, 2.75) is 33.0 Å². The molecule has 0 amide bonds. The lowest BCUT2D eigenvalue weighted by atomic mass is 10.1. The molecule has 0 aliphatic heterocycles. The second-order valence-corrected chi connectivity index (χ2v) is 6.50. The van der Waals surface area contributed by atoms with Crippen LogP contribution >= 0.6 is 0 Å². The minimum absolute atomic E-state index is 0.0824. The zero-order valence-corrected chi connectivity index (χ0v) is 15.7. The van der Waals surface area contributed by atoms with Gasteiger partial charge in [-0.1, -0.05) is 60.2 Å². The molecule has 5 heteroatoms. The predicted octanol–water partition coefficient (Wildman–Crippen LogP) is 4.20. The molecule has 0 saturated carbocycles. The third-order valence-electron chi connectivity index (χ3n) is 4.20. The van der Waals surface area contributed by atoms with Crippen LogP contribution in [-0.2, 0) is 29.2 Å². The van der Waals surface area contributed by atoms with Crippen LogP contribution in [0.3, 0.4) is 0 Å². The molecular formula is C23H22O5. The van der Waals surface area contributed by atoms with Crippen molar-refractivity contribution in [3.8, 4) is 5.75 Å². The van der Waals surface area contributed by atoms with E-state index < -0.39 is 0 Å². The van der Waals surface area contributed by atoms with Gasteiger partial charge in [-0.25, -0.2) is 0 Å². The monoisotopic (exact) mass is 378 g/mol. The Kier molecular flexibility index (Phi) is 6.63. The Hall–Kier alpha value is -3.34. The average molecular weight is 378 g/mol. The van der Waals surface area contributed by atoms with Gasteiger partial charge in [0.25, 0.3) is 0 Å². The molecule has 3 aromatic rings. The van der Waals surface area contributed by atoms with E-state index in [2.05, 4.69) is 0 Å². The molecule has 5 nitrogen and oxygen atoms in total. The fourth-order valence-electron chi connectivity index (χ4n) is 2.58. The summed E-state index contributed by atoms with van der Waals surface area (Å²) in [7, 11) is 0. The molecule has 0 saturated heterocycles. The Morgan fingerprint density at radius 3 is 2.43 bits per heavy atom. The van der Waals surface area contributed by atoms with Crippen molar-refractivity contribution in [2.75, 3.05) is 0 Å². The largest absolute Gasteiger partial charge is 0.482 e. The fourth-order valence-corrected chi connectivity index (χ4v) is 2.58. The van der Waals surface area contributed by atoms with Crippen molar-refractivity contribution in [2.24, 2.45) is 0 Å². The van der Waals surface area contributed by atoms with Crippen molar-refractivity contribution in [1.82, 2.24) is 0 Å². The van der Waals surface area contributed by atoms with Gasteiger partial charge >= 0.3 is 5.97 Å². The molecule has 1 heterocycles. The maximum atomic E-state index is 12.1. The summed E-state index contributed by atoms with van der Waals surface area (Å²) in [6, 6.07) is 18.8. The zero-order chi connectivity index (χ0) is 19.8. The summed E-state index contributed by atoms with van der Waals surface area (Å²) in [6.07, 6.45) is 2.13. The first-order valence-electron chi connectivity index (χ1n) is 9.10. The zero-order valence-electron chi connectivity index (χ0n) is 15.7. The number of hydrogen-bond acceptors (Lipinski definition) is 5. The molecule has 144 valence electrons. The van der Waals surface area contributed by atoms with E-state index in [1.807, 2.05) is 61.5 Å². The van der Waals surface area contributed by atoms with Crippen molar-refractivity contribution >= 4 is 5.97 Å². The number of hydrogen-bond donors (Lipinski definition) is 0. The molecule has 2 aromatic carbocycles. The standard InChI is InChI=1S/C23H22O5/c1-17-7-9-18(10-8-17)11-12-23(25)28-15-20-13-21(24)22(16-26-20)27-14-19-5-3-2-4-6-19/h2-10,13,16H,11-12,14-15H2,1H3. The van der Waals surface area contributed by atoms with Gasteiger partial charge in [0.15, 0.2) is 0 Å². The highest BCUT2D eigenvalue weighted by molar-refractivity contribution is 5.69. The van der Waals surface area contributed by atoms with Crippen LogP contribution in [0.15, 0.2) is 76.1 Å². The van der Waals surface area contributed by atoms with Crippen molar-refractivity contribution in [3.63, 3.8) is 0 Å². The van der Waals surface area contributed by atoms with Gasteiger partial charge in [-0.05, 0) is 24.5 Å². The summed E-state index contributed by atoms with van der Waals surface area (Å²) < 4.78 is 16.0. The minimum Gasteiger partial charge on any atom is -0.482 e. The van der Waals surface area contributed by atoms with Gasteiger partial charge in [0.1, 0.15) is 25.2 Å². The molecule has 0 N–H and O–H groups in total. The molecule has 3 rings (SSSR count). The average Bonchev–Trinajstić information content (AvgIpc) is 2.72. The summed E-state index contributed by atoms with van der Waals surface area (Å²) >= 11 is 0. The first-order valence-corrected chi connectivity index (χ1v) is 9.10. The molecule has 0 unspecified atom stereocenters. The van der Waals surface area contributed by atoms with Gasteiger partial charge in [0, 0.05) is 12.5 Å². The smallest absolute Gasteiger partial charge is 0.306 e. The molecule has 0 bridgehead atoms. The topological polar surface area (TPSA) is 65.7 Å². The summed E-state index contributed by atoms with van der Waals surface area (Å²) in [5.41, 5.74) is 2.90. The van der Waals surface area contributed by atoms with E-state index in [4.69, 9.17) is 13.9 Å². The highest BCUT2D eigenvalue weighted by Crippen LogP contribution is 2.11. The van der Waals surface area contributed by atoms with E-state index in [-0.39, 0.29) is 42.5 Å². The van der Waals surface area contributed by atoms with Crippen LogP contribution in [0.1, 0.15) is 28.9 Å². The van der Waals surface area contributed by atoms with Crippen LogP contribution in [0.5, 0.6) is 5.75 Å². The lowest BCUT2D eigenvalue weighted by Crippen LogP contribution is -2.10. The van der Waals surface area contributed by atoms with Crippen molar-refractivity contribution in [3.05, 3.63) is 99.6 Å². The van der Waals surface area contributed by atoms with Crippen LogP contribution in [0.25, 0.3) is 0 Å². The van der Waals surface area contributed by atoms with E-state index in [0.29, 0.717) is 6.42 Å². The Morgan fingerprint density at radius 1 is 0.964 bits per heavy atom. The second-order valence-electron chi connectivity index (χ2n) is 6.50. The number of ether oxygens (including phenoxy) is 2. The maximum Gasteiger partial charge on any atom is 0.306 e. The van der Waals surface area contributed by atoms with E-state index in [9.17, 15) is 9.59 Å². The summed E-state index contributed by atoms with van der Waals surface area (Å²) in [5.74, 6) is 0.0617. The molecular weight excluding hydrogens is 356 g/mol. The molecule has 28 heavy (non-hydrogen) atoms. The Morgan fingerprint density at radius 2 is 1.71 bits per heavy atom. The molecule has 0 atom stereocenters. The van der Waals surface area contributed by atoms with Crippen LogP contribution in [0.2, 0.25) is 0 Å². The normalized spacial score (nSPS) is 10.5. The quantitative estimate of drug-likeness (QED) is 0.550. The lowest BCUT2D eigenvalue weighted by Gasteiger charge is -2.07. The first-order chi connectivity index (χ1) is 13.6. The van der Waals surface area contributed by atoms with Crippen molar-refractivity contribution < 1.29 is 18.7 Å². The fraction of sp³-hybridized carbons (Fsp3) is 0.217. The van der Waals surface area contributed by atoms with E-state index in [0.717, 1.165) is 11.1 Å². The van der Waals surface area contributed by atoms with Crippen molar-refractivity contribution in [1.29, 1.82) is 0 Å². The number of aryl methyl sites for hydroxylation is 2. The highest BCUT2D eigenvalue weighted by Gasteiger charge is 2.09. The van der Waals surface area contributed by atoms with E-state index >= 15 is 0 Å². The van der Waals surface area contributed by atoms with Gasteiger partial charge in [-0.2, -0.15) is 0 Å². The molecule has 0 aliphatic rings. The molecule has 1 aromatic heterocycles. The number of esters is 1. The van der Waals surface area contributed by atoms with Crippen LogP contribution in [-0.4, -0.2) is 5.97 Å². The predicted molar refractivity (Wildman–Crippen MR) is 105 cm³/mol. The third kappa shape index (κ3) is 5.84. The van der Waals surface area contributed by atoms with Gasteiger partial charge in [0.2, 0.25) is 11.2 Å². The van der Waals surface area contributed by atoms with Gasteiger partial charge in [0.05, 0.1) is 0 Å². The summed E-state index contributed by atoms with van der Waals surface area (Å²) in [5, 5.41) is 0. The molecule has 0 aliphatic carbocycles. The summed E-state index contributed by atoms with van der Waals surface area (Å²) in [6.45, 7) is 2.21. The van der Waals surface area contributed by atoms with E-state index in [1.165, 1.54) is 17.9 Å². The number of carbonyl (C=O) groups is 1. The molecule has 0 spiro atoms. The van der Waals surface area contributed by atoms with Crippen LogP contribution < -0.4 is 10.2 Å². The first kappa shape index (κ1) is 19.4. The molecule has 0 fully saturated rings. The minimum atomic E-state index is -0.340. The Bertz CT molecular complexity index is 958. The lowest BCUT2D eigenvalue weighted by molar-refractivity contribution is -0.145. The maximum absolute atomic E-state index is 12.1. The Balaban J connectivity index is 1.46. The number of carbonyl (C=O) groups excluding carboxylic acids is 1. The second kappa shape index (κ2) is 9.55.